The van der Waals surface area contributed by atoms with Crippen LogP contribution in [0.3, 0.4) is 0 Å². The van der Waals surface area contributed by atoms with E-state index in [1.807, 2.05) is 25.1 Å². The van der Waals surface area contributed by atoms with Crippen molar-refractivity contribution in [2.24, 2.45) is 0 Å². The van der Waals surface area contributed by atoms with Gasteiger partial charge in [-0.05, 0) is 76.2 Å². The summed E-state index contributed by atoms with van der Waals surface area (Å²) in [6, 6.07) is 15.0. The molecule has 0 spiro atoms. The first-order valence-corrected chi connectivity index (χ1v) is 11.9. The first kappa shape index (κ1) is 25.4. The number of allylic oxidation sites excluding steroid dienone is 1. The van der Waals surface area contributed by atoms with Crippen molar-refractivity contribution in [2.45, 2.75) is 32.2 Å². The van der Waals surface area contributed by atoms with E-state index in [9.17, 15) is 4.39 Å². The van der Waals surface area contributed by atoms with Crippen LogP contribution in [-0.4, -0.2) is 61.3 Å². The molecule has 0 saturated carbocycles. The van der Waals surface area contributed by atoms with Crippen molar-refractivity contribution < 1.29 is 4.39 Å². The maximum absolute atomic E-state index is 9.50. The van der Waals surface area contributed by atoms with Gasteiger partial charge in [0.05, 0.1) is 12.9 Å². The van der Waals surface area contributed by atoms with E-state index in [-0.39, 0.29) is 0 Å². The largest absolute Gasteiger partial charge is 0.382 e. The Morgan fingerprint density at radius 1 is 1.03 bits per heavy atom. The summed E-state index contributed by atoms with van der Waals surface area (Å²) >= 11 is 0. The Balaban J connectivity index is 0.00000158. The topological polar surface area (TPSA) is 65.1 Å². The molecule has 1 saturated heterocycles. The Labute approximate surface area is 202 Å². The van der Waals surface area contributed by atoms with Crippen LogP contribution in [0.1, 0.15) is 31.9 Å². The van der Waals surface area contributed by atoms with Gasteiger partial charge >= 0.3 is 0 Å². The van der Waals surface area contributed by atoms with Crippen molar-refractivity contribution in [1.82, 2.24) is 14.9 Å². The first-order chi connectivity index (χ1) is 16.6. The van der Waals surface area contributed by atoms with Crippen LogP contribution in [0.5, 0.6) is 0 Å². The van der Waals surface area contributed by atoms with E-state index in [1.165, 1.54) is 23.9 Å². The highest BCUT2D eigenvalue weighted by Gasteiger charge is 2.18. The van der Waals surface area contributed by atoms with Gasteiger partial charge < -0.3 is 20.9 Å². The van der Waals surface area contributed by atoms with Gasteiger partial charge in [-0.3, -0.25) is 4.39 Å². The summed E-state index contributed by atoms with van der Waals surface area (Å²) in [6.07, 6.45) is 5.10. The van der Waals surface area contributed by atoms with Gasteiger partial charge in [-0.2, -0.15) is 0 Å². The van der Waals surface area contributed by atoms with Gasteiger partial charge in [-0.15, -0.1) is 0 Å². The van der Waals surface area contributed by atoms with Gasteiger partial charge in [0.15, 0.2) is 0 Å². The highest BCUT2D eigenvalue weighted by Crippen LogP contribution is 2.31. The van der Waals surface area contributed by atoms with Crippen molar-refractivity contribution >= 4 is 33.7 Å². The maximum atomic E-state index is 9.50. The minimum absolute atomic E-state index is 0.500. The van der Waals surface area contributed by atoms with Gasteiger partial charge in [0.1, 0.15) is 11.6 Å². The quantitative estimate of drug-likeness (QED) is 0.355. The predicted octanol–water partition coefficient (Wildman–Crippen LogP) is 5.67. The van der Waals surface area contributed by atoms with E-state index in [2.05, 4.69) is 63.7 Å². The van der Waals surface area contributed by atoms with Crippen molar-refractivity contribution in [3.05, 3.63) is 60.9 Å². The molecular weight excluding hydrogens is 427 g/mol. The number of benzene rings is 1. The molecule has 3 aromatic rings. The summed E-state index contributed by atoms with van der Waals surface area (Å²) in [4.78, 5) is 11.6. The zero-order valence-corrected chi connectivity index (χ0v) is 20.6. The molecule has 1 aromatic carbocycles. The van der Waals surface area contributed by atoms with Crippen LogP contribution in [0.15, 0.2) is 55.2 Å². The van der Waals surface area contributed by atoms with Crippen LogP contribution in [0.2, 0.25) is 0 Å². The average molecular weight is 465 g/mol. The molecule has 182 valence electrons. The highest BCUT2D eigenvalue weighted by atomic mass is 19.1. The lowest BCUT2D eigenvalue weighted by molar-refractivity contribution is 0.264. The standard InChI is InChI=1S/C26H34N6.CH3F/c1-19(2)26-21-8-6-9-23(30-20-11-16-32(3)17-12-20)22(21)18-25(31-26)29-15-7-14-28-24-10-4-5-13-27-24;1-2/h4-6,8-10,13,18,20,30H,1,7,11-12,14-17H2,2-3H3,(H,27,28)(H,29,31);1H3. The number of nitrogens with zero attached hydrogens (tertiary/aromatic N) is 3. The zero-order chi connectivity index (χ0) is 24.3. The first-order valence-electron chi connectivity index (χ1n) is 11.9. The van der Waals surface area contributed by atoms with Crippen molar-refractivity contribution in [1.29, 1.82) is 0 Å². The second-order valence-corrected chi connectivity index (χ2v) is 8.68. The van der Waals surface area contributed by atoms with Crippen LogP contribution in [0.25, 0.3) is 16.3 Å². The molecule has 0 unspecified atom stereocenters. The minimum atomic E-state index is 0.500. The van der Waals surface area contributed by atoms with Crippen molar-refractivity contribution in [3.63, 3.8) is 0 Å². The number of halogens is 1. The average Bonchev–Trinajstić information content (AvgIpc) is 2.87. The molecule has 7 heteroatoms. The summed E-state index contributed by atoms with van der Waals surface area (Å²) in [5.41, 5.74) is 3.12. The number of likely N-dealkylation sites (tertiary alicyclic amines) is 1. The summed E-state index contributed by atoms with van der Waals surface area (Å²) in [7, 11) is 2.70. The number of anilines is 3. The molecular formula is C27H37FN6. The summed E-state index contributed by atoms with van der Waals surface area (Å²) in [5.74, 6) is 1.80. The minimum Gasteiger partial charge on any atom is -0.382 e. The van der Waals surface area contributed by atoms with Crippen LogP contribution < -0.4 is 16.0 Å². The lowest BCUT2D eigenvalue weighted by atomic mass is 10.0. The number of hydrogen-bond acceptors (Lipinski definition) is 6. The van der Waals surface area contributed by atoms with Crippen molar-refractivity contribution in [3.8, 4) is 0 Å². The predicted molar refractivity (Wildman–Crippen MR) is 143 cm³/mol. The van der Waals surface area contributed by atoms with E-state index in [0.29, 0.717) is 13.2 Å². The molecule has 4 rings (SSSR count). The Kier molecular flexibility index (Phi) is 9.64. The Morgan fingerprint density at radius 2 is 1.76 bits per heavy atom. The highest BCUT2D eigenvalue weighted by molar-refractivity contribution is 6.00. The Bertz CT molecular complexity index is 1050. The molecule has 0 aliphatic carbocycles. The molecule has 0 bridgehead atoms. The third kappa shape index (κ3) is 6.90. The number of fused-ring (bicyclic) bond motifs is 1. The summed E-state index contributed by atoms with van der Waals surface area (Å²) in [6.45, 7) is 10.2. The fourth-order valence-corrected chi connectivity index (χ4v) is 4.18. The number of pyridine rings is 2. The third-order valence-corrected chi connectivity index (χ3v) is 5.99. The van der Waals surface area contributed by atoms with Crippen LogP contribution in [-0.2, 0) is 0 Å². The Morgan fingerprint density at radius 3 is 2.44 bits per heavy atom. The number of aromatic nitrogens is 2. The fourth-order valence-electron chi connectivity index (χ4n) is 4.18. The van der Waals surface area contributed by atoms with E-state index < -0.39 is 0 Å². The van der Waals surface area contributed by atoms with Gasteiger partial charge in [0.25, 0.3) is 0 Å². The number of piperidine rings is 1. The van der Waals surface area contributed by atoms with E-state index in [4.69, 9.17) is 4.98 Å². The molecule has 0 radical (unpaired) electrons. The molecule has 2 aromatic heterocycles. The number of hydrogen-bond donors (Lipinski definition) is 3. The van der Waals surface area contributed by atoms with Gasteiger partial charge in [-0.25, -0.2) is 9.97 Å². The van der Waals surface area contributed by atoms with Gasteiger partial charge in [0, 0.05) is 41.8 Å². The second kappa shape index (κ2) is 12.9. The SMILES string of the molecule is C=C(C)c1nc(NCCCNc2ccccn2)cc2c(NC3CCN(C)CC3)cccc12.CF. The zero-order valence-electron chi connectivity index (χ0n) is 20.6. The monoisotopic (exact) mass is 464 g/mol. The van der Waals surface area contributed by atoms with Gasteiger partial charge in [-0.1, -0.05) is 24.8 Å². The van der Waals surface area contributed by atoms with Crippen LogP contribution >= 0.6 is 0 Å². The Hall–Kier alpha value is -3.19. The summed E-state index contributed by atoms with van der Waals surface area (Å²) in [5, 5.41) is 13.0. The molecule has 6 nitrogen and oxygen atoms in total. The van der Waals surface area contributed by atoms with Gasteiger partial charge in [0.2, 0.25) is 0 Å². The van der Waals surface area contributed by atoms with Crippen molar-refractivity contribution in [2.75, 3.05) is 56.4 Å². The lowest BCUT2D eigenvalue weighted by Crippen LogP contribution is -2.36. The smallest absolute Gasteiger partial charge is 0.127 e. The van der Waals surface area contributed by atoms with E-state index in [1.54, 1.807) is 6.20 Å². The molecule has 34 heavy (non-hydrogen) atoms. The molecule has 1 aliphatic heterocycles. The fraction of sp³-hybridized carbons (Fsp3) is 0.407. The summed E-state index contributed by atoms with van der Waals surface area (Å²) < 4.78 is 9.50. The molecule has 0 atom stereocenters. The number of nitrogens with one attached hydrogen (secondary N) is 3. The van der Waals surface area contributed by atoms with E-state index in [0.717, 1.165) is 60.9 Å². The number of alkyl halides is 1. The number of rotatable bonds is 9. The van der Waals surface area contributed by atoms with E-state index >= 15 is 0 Å². The molecule has 3 N–H and O–H groups in total. The molecule has 3 heterocycles. The normalized spacial score (nSPS) is 14.2. The lowest BCUT2D eigenvalue weighted by Gasteiger charge is -2.30. The van der Waals surface area contributed by atoms with Crippen LogP contribution in [0.4, 0.5) is 21.7 Å². The second-order valence-electron chi connectivity index (χ2n) is 8.68. The molecule has 1 aliphatic rings. The third-order valence-electron chi connectivity index (χ3n) is 5.99. The van der Waals surface area contributed by atoms with Crippen LogP contribution in [0, 0.1) is 0 Å². The maximum Gasteiger partial charge on any atom is 0.127 e. The molecule has 0 amide bonds. The molecule has 1 fully saturated rings.